The second-order valence-electron chi connectivity index (χ2n) is 5.79. The number of nitrogens with one attached hydrogen (secondary N) is 2. The molecule has 0 aromatic heterocycles. The molecule has 0 radical (unpaired) electrons. The molecule has 0 saturated carbocycles. The third kappa shape index (κ3) is 5.88. The monoisotopic (exact) mass is 362 g/mol. The largest absolute Gasteiger partial charge is 0.497 e. The van der Waals surface area contributed by atoms with Crippen LogP contribution in [0, 0.1) is 13.8 Å². The highest BCUT2D eigenvalue weighted by Gasteiger charge is 2.15. The summed E-state index contributed by atoms with van der Waals surface area (Å²) in [5, 5.41) is 2.63. The Balaban J connectivity index is 1.92. The van der Waals surface area contributed by atoms with Gasteiger partial charge in [0.2, 0.25) is 15.9 Å². The van der Waals surface area contributed by atoms with Gasteiger partial charge in [-0.2, -0.15) is 0 Å². The zero-order valence-electron chi connectivity index (χ0n) is 14.5. The number of anilines is 1. The van der Waals surface area contributed by atoms with Crippen LogP contribution in [0.4, 0.5) is 5.69 Å². The lowest BCUT2D eigenvalue weighted by molar-refractivity contribution is -0.115. The third-order valence-electron chi connectivity index (χ3n) is 3.68. The number of carbonyl (C=O) groups excluding carboxylic acids is 1. The Kier molecular flexibility index (Phi) is 6.17. The number of rotatable bonds is 7. The fourth-order valence-corrected chi connectivity index (χ4v) is 3.44. The molecule has 7 heteroatoms. The first kappa shape index (κ1) is 19.0. The van der Waals surface area contributed by atoms with E-state index < -0.39 is 15.9 Å². The van der Waals surface area contributed by atoms with Gasteiger partial charge in [-0.05, 0) is 49.2 Å². The van der Waals surface area contributed by atoms with Crippen molar-refractivity contribution in [2.24, 2.45) is 0 Å². The van der Waals surface area contributed by atoms with Crippen molar-refractivity contribution in [1.82, 2.24) is 4.72 Å². The molecule has 0 aliphatic carbocycles. The molecule has 2 aromatic rings. The first-order valence-corrected chi connectivity index (χ1v) is 9.41. The standard InChI is InChI=1S/C18H22N2O4S/c1-13-4-5-14(2)15(10-13)12-25(22,23)19-11-18(21)20-16-6-8-17(24-3)9-7-16/h4-10,19H,11-12H2,1-3H3,(H,20,21). The first-order valence-electron chi connectivity index (χ1n) is 7.76. The molecule has 25 heavy (non-hydrogen) atoms. The van der Waals surface area contributed by atoms with Gasteiger partial charge in [-0.3, -0.25) is 4.79 Å². The van der Waals surface area contributed by atoms with Gasteiger partial charge in [0, 0.05) is 5.69 Å². The lowest BCUT2D eigenvalue weighted by Crippen LogP contribution is -2.33. The Labute approximate surface area is 148 Å². The Morgan fingerprint density at radius 3 is 2.40 bits per heavy atom. The van der Waals surface area contributed by atoms with Gasteiger partial charge in [0.1, 0.15) is 5.75 Å². The summed E-state index contributed by atoms with van der Waals surface area (Å²) in [6, 6.07) is 12.4. The Morgan fingerprint density at radius 2 is 1.76 bits per heavy atom. The van der Waals surface area contributed by atoms with Crippen LogP contribution in [0.5, 0.6) is 5.75 Å². The number of carbonyl (C=O) groups is 1. The summed E-state index contributed by atoms with van der Waals surface area (Å²) in [4.78, 5) is 11.9. The number of hydrogen-bond acceptors (Lipinski definition) is 4. The number of sulfonamides is 1. The average Bonchev–Trinajstić information content (AvgIpc) is 2.57. The van der Waals surface area contributed by atoms with Gasteiger partial charge in [-0.1, -0.05) is 23.8 Å². The van der Waals surface area contributed by atoms with Crippen LogP contribution >= 0.6 is 0 Å². The van der Waals surface area contributed by atoms with Crippen molar-refractivity contribution in [3.05, 3.63) is 59.2 Å². The molecule has 134 valence electrons. The summed E-state index contributed by atoms with van der Waals surface area (Å²) in [5.74, 6) is 0.0815. The van der Waals surface area contributed by atoms with Gasteiger partial charge in [-0.25, -0.2) is 13.1 Å². The maximum Gasteiger partial charge on any atom is 0.239 e. The number of benzene rings is 2. The highest BCUT2D eigenvalue weighted by atomic mass is 32.2. The fourth-order valence-electron chi connectivity index (χ4n) is 2.27. The van der Waals surface area contributed by atoms with Gasteiger partial charge in [0.15, 0.2) is 0 Å². The summed E-state index contributed by atoms with van der Waals surface area (Å²) < 4.78 is 31.8. The molecule has 2 aromatic carbocycles. The van der Waals surface area contributed by atoms with E-state index in [0.29, 0.717) is 11.4 Å². The summed E-state index contributed by atoms with van der Waals surface area (Å²) in [6.45, 7) is 3.45. The minimum atomic E-state index is -3.60. The number of ether oxygens (including phenoxy) is 1. The van der Waals surface area contributed by atoms with Crippen LogP contribution < -0.4 is 14.8 Å². The van der Waals surface area contributed by atoms with E-state index in [4.69, 9.17) is 4.74 Å². The van der Waals surface area contributed by atoms with Gasteiger partial charge in [0.25, 0.3) is 0 Å². The summed E-state index contributed by atoms with van der Waals surface area (Å²) in [5.41, 5.74) is 3.19. The Bertz CT molecular complexity index is 846. The van der Waals surface area contributed by atoms with E-state index in [9.17, 15) is 13.2 Å². The van der Waals surface area contributed by atoms with Crippen LogP contribution in [-0.4, -0.2) is 28.0 Å². The number of amides is 1. The van der Waals surface area contributed by atoms with Gasteiger partial charge in [0.05, 0.1) is 19.4 Å². The zero-order chi connectivity index (χ0) is 18.4. The molecular weight excluding hydrogens is 340 g/mol. The molecule has 0 aliphatic rings. The average molecular weight is 362 g/mol. The quantitative estimate of drug-likeness (QED) is 0.792. The van der Waals surface area contributed by atoms with Crippen LogP contribution in [0.25, 0.3) is 0 Å². The molecule has 0 saturated heterocycles. The minimum Gasteiger partial charge on any atom is -0.497 e. The van der Waals surface area contributed by atoms with E-state index >= 15 is 0 Å². The molecule has 1 amide bonds. The lowest BCUT2D eigenvalue weighted by Gasteiger charge is -2.10. The van der Waals surface area contributed by atoms with Gasteiger partial charge < -0.3 is 10.1 Å². The Hall–Kier alpha value is -2.38. The van der Waals surface area contributed by atoms with E-state index in [2.05, 4.69) is 10.0 Å². The van der Waals surface area contributed by atoms with Crippen molar-refractivity contribution < 1.29 is 17.9 Å². The van der Waals surface area contributed by atoms with E-state index in [1.807, 2.05) is 32.0 Å². The van der Waals surface area contributed by atoms with E-state index in [1.54, 1.807) is 31.4 Å². The van der Waals surface area contributed by atoms with Gasteiger partial charge >= 0.3 is 0 Å². The first-order chi connectivity index (χ1) is 11.8. The SMILES string of the molecule is COc1ccc(NC(=O)CNS(=O)(=O)Cc2cc(C)ccc2C)cc1. The van der Waals surface area contributed by atoms with E-state index in [1.165, 1.54) is 0 Å². The molecule has 0 heterocycles. The molecule has 0 atom stereocenters. The minimum absolute atomic E-state index is 0.156. The molecule has 0 bridgehead atoms. The molecule has 0 unspecified atom stereocenters. The third-order valence-corrected chi connectivity index (χ3v) is 4.95. The molecule has 6 nitrogen and oxygen atoms in total. The molecule has 2 rings (SSSR count). The maximum absolute atomic E-state index is 12.2. The predicted molar refractivity (Wildman–Crippen MR) is 98.2 cm³/mol. The fraction of sp³-hybridized carbons (Fsp3) is 0.278. The van der Waals surface area contributed by atoms with Crippen LogP contribution in [0.1, 0.15) is 16.7 Å². The molecule has 2 N–H and O–H groups in total. The molecule has 0 spiro atoms. The maximum atomic E-state index is 12.2. The number of aryl methyl sites for hydroxylation is 2. The summed E-state index contributed by atoms with van der Waals surface area (Å²) in [6.07, 6.45) is 0. The second kappa shape index (κ2) is 8.13. The van der Waals surface area contributed by atoms with Crippen molar-refractivity contribution in [1.29, 1.82) is 0 Å². The van der Waals surface area contributed by atoms with Crippen molar-refractivity contribution >= 4 is 21.6 Å². The highest BCUT2D eigenvalue weighted by Crippen LogP contribution is 2.15. The van der Waals surface area contributed by atoms with Crippen molar-refractivity contribution in [3.8, 4) is 5.75 Å². The van der Waals surface area contributed by atoms with Crippen LogP contribution in [0.15, 0.2) is 42.5 Å². The predicted octanol–water partition coefficient (Wildman–Crippen LogP) is 2.37. The summed E-state index contributed by atoms with van der Waals surface area (Å²) in [7, 11) is -2.05. The smallest absolute Gasteiger partial charge is 0.239 e. The highest BCUT2D eigenvalue weighted by molar-refractivity contribution is 7.88. The molecular formula is C18H22N2O4S. The normalized spacial score (nSPS) is 11.2. The zero-order valence-corrected chi connectivity index (χ0v) is 15.3. The molecule has 0 aliphatic heterocycles. The number of hydrogen-bond donors (Lipinski definition) is 2. The topological polar surface area (TPSA) is 84.5 Å². The van der Waals surface area contributed by atoms with E-state index in [-0.39, 0.29) is 12.3 Å². The van der Waals surface area contributed by atoms with Crippen molar-refractivity contribution in [3.63, 3.8) is 0 Å². The van der Waals surface area contributed by atoms with E-state index in [0.717, 1.165) is 16.7 Å². The second-order valence-corrected chi connectivity index (χ2v) is 7.59. The number of methoxy groups -OCH3 is 1. The lowest BCUT2D eigenvalue weighted by atomic mass is 10.1. The van der Waals surface area contributed by atoms with Crippen LogP contribution in [-0.2, 0) is 20.6 Å². The summed E-state index contributed by atoms with van der Waals surface area (Å²) >= 11 is 0. The van der Waals surface area contributed by atoms with Crippen molar-refractivity contribution in [2.75, 3.05) is 19.0 Å². The van der Waals surface area contributed by atoms with Crippen molar-refractivity contribution in [2.45, 2.75) is 19.6 Å². The van der Waals surface area contributed by atoms with Gasteiger partial charge in [-0.15, -0.1) is 0 Å². The Morgan fingerprint density at radius 1 is 1.08 bits per heavy atom. The van der Waals surface area contributed by atoms with Crippen LogP contribution in [0.3, 0.4) is 0 Å². The van der Waals surface area contributed by atoms with Crippen LogP contribution in [0.2, 0.25) is 0 Å². The molecule has 0 fully saturated rings.